The lowest BCUT2D eigenvalue weighted by Crippen LogP contribution is -2.62. The Labute approximate surface area is 210 Å². The van der Waals surface area contributed by atoms with E-state index in [4.69, 9.17) is 28.4 Å². The van der Waals surface area contributed by atoms with Crippen LogP contribution in [-0.2, 0) is 33.2 Å². The van der Waals surface area contributed by atoms with Gasteiger partial charge in [0.15, 0.2) is 12.6 Å². The minimum absolute atomic E-state index is 0.0233. The molecule has 37 heavy (non-hydrogen) atoms. The largest absolute Gasteiger partial charge is 0.471 e. The first kappa shape index (κ1) is 28.3. The highest BCUT2D eigenvalue weighted by Crippen LogP contribution is 2.42. The molecule has 8 N–H and O–H groups in total. The lowest BCUT2D eigenvalue weighted by molar-refractivity contribution is -0.355. The molecule has 3 saturated heterocycles. The molecule has 0 saturated carbocycles. The van der Waals surface area contributed by atoms with E-state index in [1.54, 1.807) is 0 Å². The van der Waals surface area contributed by atoms with E-state index < -0.39 is 98.4 Å². The summed E-state index contributed by atoms with van der Waals surface area (Å²) >= 11 is 0. The third-order valence-electron chi connectivity index (χ3n) is 7.03. The molecule has 4 aliphatic rings. The zero-order valence-corrected chi connectivity index (χ0v) is 19.6. The number of cyclic esters (lactones) is 1. The molecule has 0 aliphatic carbocycles. The Balaban J connectivity index is 1.44. The second-order valence-corrected chi connectivity index (χ2v) is 9.29. The van der Waals surface area contributed by atoms with Gasteiger partial charge in [0.2, 0.25) is 6.29 Å². The molecule has 0 aromatic heterocycles. The molecule has 4 heterocycles. The summed E-state index contributed by atoms with van der Waals surface area (Å²) < 4.78 is 32.3. The standard InChI is InChI=1S/C22H32O15/c1-2-8-19(33-6-9-18(30)32-4-3-22(8,9)31)37-21-17(29)15(27)13(25)11(36-21)7-34-20-16(28)14(26)12(24)10(5-23)35-20/h2,6,8,10-17,19-21,23-29,31H,1,3-5,7H2/t8-,10+,11+,12-,13+,14-,15-,16+,17+,19-,20+,21-,22+/m0/s1. The Kier molecular flexibility index (Phi) is 8.54. The first-order valence-electron chi connectivity index (χ1n) is 11.7. The van der Waals surface area contributed by atoms with Crippen LogP contribution in [0.2, 0.25) is 0 Å². The molecule has 0 aromatic carbocycles. The Bertz CT molecular complexity index is 865. The van der Waals surface area contributed by atoms with Gasteiger partial charge in [-0.1, -0.05) is 6.08 Å². The summed E-state index contributed by atoms with van der Waals surface area (Å²) in [6.45, 7) is 2.36. The van der Waals surface area contributed by atoms with Gasteiger partial charge < -0.3 is 69.3 Å². The van der Waals surface area contributed by atoms with Crippen LogP contribution in [0.1, 0.15) is 6.42 Å². The Morgan fingerprint density at radius 2 is 1.57 bits per heavy atom. The van der Waals surface area contributed by atoms with Crippen molar-refractivity contribution in [3.05, 3.63) is 24.5 Å². The molecule has 0 amide bonds. The van der Waals surface area contributed by atoms with Gasteiger partial charge >= 0.3 is 5.97 Å². The number of ether oxygens (including phenoxy) is 6. The summed E-state index contributed by atoms with van der Waals surface area (Å²) in [4.78, 5) is 12.1. The number of carbonyl (C=O) groups excluding carboxylic acids is 1. The highest BCUT2D eigenvalue weighted by atomic mass is 16.8. The summed E-state index contributed by atoms with van der Waals surface area (Å²) in [7, 11) is 0. The lowest BCUT2D eigenvalue weighted by atomic mass is 9.76. The Morgan fingerprint density at radius 3 is 2.22 bits per heavy atom. The normalized spacial score (nSPS) is 48.3. The first-order valence-corrected chi connectivity index (χ1v) is 11.7. The van der Waals surface area contributed by atoms with Crippen LogP contribution in [0.5, 0.6) is 0 Å². The van der Waals surface area contributed by atoms with Gasteiger partial charge in [0, 0.05) is 6.42 Å². The SMILES string of the molecule is C=C[C@H]1[C@H](O[C@@H]2O[C@H](CO[C@@H]3O[C@H](CO)[C@H](O)[C@H](O)[C@H]3O)[C@@H](O)[C@H](O)[C@H]2O)OC=C2C(=O)OCC[C@]21O. The number of hydrogen-bond acceptors (Lipinski definition) is 15. The summed E-state index contributed by atoms with van der Waals surface area (Å²) in [5.41, 5.74) is -1.86. The zero-order chi connectivity index (χ0) is 27.1. The molecule has 210 valence electrons. The molecule has 0 spiro atoms. The van der Waals surface area contributed by atoms with Crippen molar-refractivity contribution in [2.24, 2.45) is 5.92 Å². The zero-order valence-electron chi connectivity index (χ0n) is 19.6. The molecular formula is C22H32O15. The number of hydrogen-bond donors (Lipinski definition) is 8. The maximum absolute atomic E-state index is 12.1. The summed E-state index contributed by atoms with van der Waals surface area (Å²) in [6, 6.07) is 0. The van der Waals surface area contributed by atoms with Gasteiger partial charge in [0.25, 0.3) is 0 Å². The van der Waals surface area contributed by atoms with Crippen LogP contribution in [0, 0.1) is 5.92 Å². The van der Waals surface area contributed by atoms with Crippen molar-refractivity contribution in [3.8, 4) is 0 Å². The summed E-state index contributed by atoms with van der Waals surface area (Å²) in [5.74, 6) is -1.78. The third-order valence-corrected chi connectivity index (χ3v) is 7.03. The number of esters is 1. The van der Waals surface area contributed by atoms with E-state index in [2.05, 4.69) is 6.58 Å². The number of rotatable bonds is 7. The van der Waals surface area contributed by atoms with Gasteiger partial charge in [0.05, 0.1) is 32.0 Å². The fraction of sp³-hybridized carbons (Fsp3) is 0.773. The van der Waals surface area contributed by atoms with E-state index in [9.17, 15) is 45.6 Å². The minimum atomic E-state index is -1.79. The molecule has 0 unspecified atom stereocenters. The Morgan fingerprint density at radius 1 is 0.946 bits per heavy atom. The molecule has 13 atom stereocenters. The lowest BCUT2D eigenvalue weighted by Gasteiger charge is -2.47. The maximum atomic E-state index is 12.1. The van der Waals surface area contributed by atoms with Crippen LogP contribution < -0.4 is 0 Å². The fourth-order valence-electron chi connectivity index (χ4n) is 4.75. The quantitative estimate of drug-likeness (QED) is 0.113. The van der Waals surface area contributed by atoms with Crippen molar-refractivity contribution in [3.63, 3.8) is 0 Å². The van der Waals surface area contributed by atoms with Crippen molar-refractivity contribution < 1.29 is 74.1 Å². The van der Waals surface area contributed by atoms with Gasteiger partial charge in [-0.15, -0.1) is 6.58 Å². The number of aliphatic hydroxyl groups excluding tert-OH is 7. The van der Waals surface area contributed by atoms with E-state index >= 15 is 0 Å². The molecule has 0 aromatic rings. The summed E-state index contributed by atoms with van der Waals surface area (Å²) in [6.07, 6.45) is -15.0. The second-order valence-electron chi connectivity index (χ2n) is 9.29. The molecule has 0 bridgehead atoms. The summed E-state index contributed by atoms with van der Waals surface area (Å²) in [5, 5.41) is 81.6. The molecule has 4 aliphatic heterocycles. The predicted molar refractivity (Wildman–Crippen MR) is 115 cm³/mol. The van der Waals surface area contributed by atoms with Gasteiger partial charge in [0.1, 0.15) is 60.0 Å². The van der Waals surface area contributed by atoms with Gasteiger partial charge in [-0.3, -0.25) is 0 Å². The highest BCUT2D eigenvalue weighted by Gasteiger charge is 2.55. The number of carbonyl (C=O) groups is 1. The van der Waals surface area contributed by atoms with Crippen LogP contribution in [0.25, 0.3) is 0 Å². The maximum Gasteiger partial charge on any atom is 0.340 e. The van der Waals surface area contributed by atoms with E-state index in [1.807, 2.05) is 0 Å². The average Bonchev–Trinajstić information content (AvgIpc) is 2.87. The Hall–Kier alpha value is -1.73. The molecule has 3 fully saturated rings. The van der Waals surface area contributed by atoms with Crippen LogP contribution in [0.15, 0.2) is 24.5 Å². The van der Waals surface area contributed by atoms with Crippen molar-refractivity contribution in [1.29, 1.82) is 0 Å². The monoisotopic (exact) mass is 536 g/mol. The van der Waals surface area contributed by atoms with Crippen molar-refractivity contribution >= 4 is 5.97 Å². The van der Waals surface area contributed by atoms with Crippen LogP contribution in [-0.4, -0.2) is 140 Å². The average molecular weight is 536 g/mol. The van der Waals surface area contributed by atoms with E-state index in [0.29, 0.717) is 0 Å². The van der Waals surface area contributed by atoms with Crippen LogP contribution >= 0.6 is 0 Å². The van der Waals surface area contributed by atoms with Crippen LogP contribution in [0.3, 0.4) is 0 Å². The number of aliphatic hydroxyl groups is 8. The fourth-order valence-corrected chi connectivity index (χ4v) is 4.75. The van der Waals surface area contributed by atoms with Crippen molar-refractivity contribution in [2.45, 2.75) is 79.7 Å². The van der Waals surface area contributed by atoms with Gasteiger partial charge in [-0.05, 0) is 0 Å². The third kappa shape index (κ3) is 5.15. The molecule has 4 rings (SSSR count). The first-order chi connectivity index (χ1) is 17.5. The molecule has 15 heteroatoms. The van der Waals surface area contributed by atoms with Crippen molar-refractivity contribution in [1.82, 2.24) is 0 Å². The van der Waals surface area contributed by atoms with E-state index in [1.165, 1.54) is 6.08 Å². The molecular weight excluding hydrogens is 504 g/mol. The van der Waals surface area contributed by atoms with Gasteiger partial charge in [-0.25, -0.2) is 4.79 Å². The second kappa shape index (κ2) is 11.2. The number of fused-ring (bicyclic) bond motifs is 1. The molecule has 0 radical (unpaired) electrons. The molecule has 15 nitrogen and oxygen atoms in total. The predicted octanol–water partition coefficient (Wildman–Crippen LogP) is -4.65. The topological polar surface area (TPSA) is 234 Å². The van der Waals surface area contributed by atoms with Crippen LogP contribution in [0.4, 0.5) is 0 Å². The van der Waals surface area contributed by atoms with Crippen molar-refractivity contribution in [2.75, 3.05) is 19.8 Å². The van der Waals surface area contributed by atoms with Gasteiger partial charge in [-0.2, -0.15) is 0 Å². The minimum Gasteiger partial charge on any atom is -0.471 e. The van der Waals surface area contributed by atoms with E-state index in [0.717, 1.165) is 6.26 Å². The highest BCUT2D eigenvalue weighted by molar-refractivity contribution is 5.91. The smallest absolute Gasteiger partial charge is 0.340 e. The van der Waals surface area contributed by atoms with E-state index in [-0.39, 0.29) is 18.6 Å².